The molecule has 2 aromatic rings. The number of hydrogen-bond acceptors (Lipinski definition) is 2. The van der Waals surface area contributed by atoms with E-state index >= 15 is 0 Å². The van der Waals surface area contributed by atoms with E-state index in [-0.39, 0.29) is 11.6 Å². The maximum Gasteiger partial charge on any atom is 0.319 e. The quantitative estimate of drug-likeness (QED) is 0.809. The van der Waals surface area contributed by atoms with Gasteiger partial charge in [0.15, 0.2) is 0 Å². The van der Waals surface area contributed by atoms with Crippen LogP contribution in [0.5, 0.6) is 0 Å². The standard InChI is InChI=1S/C17H18FN3O2/c1-11-5-3-4-6-13(11)10-19-17(23)21-14-7-8-15(18)16(9-14)20-12(2)22/h3-9H,10H2,1-2H3,(H,20,22)(H2,19,21,23). The molecule has 0 atom stereocenters. The summed E-state index contributed by atoms with van der Waals surface area (Å²) in [6.45, 7) is 3.64. The van der Waals surface area contributed by atoms with Crippen LogP contribution in [0.25, 0.3) is 0 Å². The zero-order chi connectivity index (χ0) is 16.8. The van der Waals surface area contributed by atoms with Crippen LogP contribution >= 0.6 is 0 Å². The lowest BCUT2D eigenvalue weighted by Gasteiger charge is -2.11. The normalized spacial score (nSPS) is 10.0. The molecule has 6 heteroatoms. The number of carbonyl (C=O) groups is 2. The molecule has 0 aliphatic rings. The van der Waals surface area contributed by atoms with Gasteiger partial charge in [-0.05, 0) is 36.2 Å². The van der Waals surface area contributed by atoms with Crippen LogP contribution < -0.4 is 16.0 Å². The second-order valence-corrected chi connectivity index (χ2v) is 5.11. The monoisotopic (exact) mass is 315 g/mol. The van der Waals surface area contributed by atoms with Gasteiger partial charge in [0.1, 0.15) is 5.82 Å². The topological polar surface area (TPSA) is 70.2 Å². The number of carbonyl (C=O) groups excluding carboxylic acids is 2. The molecule has 0 radical (unpaired) electrons. The molecule has 23 heavy (non-hydrogen) atoms. The van der Waals surface area contributed by atoms with Crippen LogP contribution in [-0.4, -0.2) is 11.9 Å². The molecule has 0 saturated heterocycles. The highest BCUT2D eigenvalue weighted by atomic mass is 19.1. The molecule has 3 amide bonds. The average molecular weight is 315 g/mol. The highest BCUT2D eigenvalue weighted by Crippen LogP contribution is 2.19. The van der Waals surface area contributed by atoms with E-state index in [2.05, 4.69) is 16.0 Å². The molecule has 0 heterocycles. The first-order valence-corrected chi connectivity index (χ1v) is 7.12. The van der Waals surface area contributed by atoms with Gasteiger partial charge in [0.25, 0.3) is 0 Å². The van der Waals surface area contributed by atoms with Crippen molar-refractivity contribution in [2.24, 2.45) is 0 Å². The average Bonchev–Trinajstić information content (AvgIpc) is 2.49. The summed E-state index contributed by atoms with van der Waals surface area (Å²) < 4.78 is 13.5. The minimum atomic E-state index is -0.564. The Bertz CT molecular complexity index is 732. The summed E-state index contributed by atoms with van der Waals surface area (Å²) in [6.07, 6.45) is 0. The number of urea groups is 1. The molecular weight excluding hydrogens is 297 g/mol. The lowest BCUT2D eigenvalue weighted by atomic mass is 10.1. The van der Waals surface area contributed by atoms with Crippen molar-refractivity contribution in [2.45, 2.75) is 20.4 Å². The summed E-state index contributed by atoms with van der Waals surface area (Å²) >= 11 is 0. The maximum atomic E-state index is 13.5. The molecule has 0 bridgehead atoms. The molecule has 0 spiro atoms. The Labute approximate surface area is 133 Å². The van der Waals surface area contributed by atoms with Gasteiger partial charge in [0, 0.05) is 19.2 Å². The highest BCUT2D eigenvalue weighted by Gasteiger charge is 2.08. The van der Waals surface area contributed by atoms with Crippen molar-refractivity contribution in [3.05, 3.63) is 59.4 Å². The summed E-state index contributed by atoms with van der Waals surface area (Å²) in [4.78, 5) is 22.9. The Morgan fingerprint density at radius 1 is 1.09 bits per heavy atom. The third-order valence-corrected chi connectivity index (χ3v) is 3.24. The van der Waals surface area contributed by atoms with Crippen LogP contribution in [0.1, 0.15) is 18.1 Å². The Hall–Kier alpha value is -2.89. The smallest absolute Gasteiger partial charge is 0.319 e. The van der Waals surface area contributed by atoms with E-state index in [1.165, 1.54) is 25.1 Å². The Kier molecular flexibility index (Phi) is 5.30. The van der Waals surface area contributed by atoms with Gasteiger partial charge >= 0.3 is 6.03 Å². The van der Waals surface area contributed by atoms with Gasteiger partial charge in [0.05, 0.1) is 5.69 Å². The summed E-state index contributed by atoms with van der Waals surface area (Å²) in [6, 6.07) is 11.3. The van der Waals surface area contributed by atoms with Crippen molar-refractivity contribution in [3.8, 4) is 0 Å². The van der Waals surface area contributed by atoms with Crippen molar-refractivity contribution < 1.29 is 14.0 Å². The third-order valence-electron chi connectivity index (χ3n) is 3.24. The Balaban J connectivity index is 1.97. The van der Waals surface area contributed by atoms with Crippen molar-refractivity contribution in [2.75, 3.05) is 10.6 Å². The van der Waals surface area contributed by atoms with Crippen molar-refractivity contribution in [1.82, 2.24) is 5.32 Å². The largest absolute Gasteiger partial charge is 0.334 e. The van der Waals surface area contributed by atoms with Crippen LogP contribution in [0.4, 0.5) is 20.6 Å². The number of anilines is 2. The van der Waals surface area contributed by atoms with Gasteiger partial charge in [0.2, 0.25) is 5.91 Å². The zero-order valence-electron chi connectivity index (χ0n) is 12.9. The zero-order valence-corrected chi connectivity index (χ0v) is 12.9. The molecule has 120 valence electrons. The number of aryl methyl sites for hydroxylation is 1. The van der Waals surface area contributed by atoms with E-state index in [0.29, 0.717) is 12.2 Å². The number of nitrogens with one attached hydrogen (secondary N) is 3. The van der Waals surface area contributed by atoms with Crippen molar-refractivity contribution in [1.29, 1.82) is 0 Å². The predicted molar refractivity (Wildman–Crippen MR) is 87.7 cm³/mol. The van der Waals surface area contributed by atoms with E-state index in [4.69, 9.17) is 0 Å². The maximum absolute atomic E-state index is 13.5. The summed E-state index contributed by atoms with van der Waals surface area (Å²) in [5.74, 6) is -0.948. The molecule has 0 saturated carbocycles. The summed E-state index contributed by atoms with van der Waals surface area (Å²) in [5.41, 5.74) is 2.51. The van der Waals surface area contributed by atoms with Gasteiger partial charge in [-0.15, -0.1) is 0 Å². The van der Waals surface area contributed by atoms with Gasteiger partial charge in [-0.25, -0.2) is 9.18 Å². The molecular formula is C17H18FN3O2. The van der Waals surface area contributed by atoms with Gasteiger partial charge in [-0.1, -0.05) is 24.3 Å². The van der Waals surface area contributed by atoms with E-state index in [9.17, 15) is 14.0 Å². The second-order valence-electron chi connectivity index (χ2n) is 5.11. The molecule has 2 rings (SSSR count). The molecule has 0 aliphatic heterocycles. The second kappa shape index (κ2) is 7.40. The van der Waals surface area contributed by atoms with Crippen molar-refractivity contribution in [3.63, 3.8) is 0 Å². The van der Waals surface area contributed by atoms with Crippen LogP contribution in [-0.2, 0) is 11.3 Å². The minimum absolute atomic E-state index is 0.0224. The number of rotatable bonds is 4. The summed E-state index contributed by atoms with van der Waals surface area (Å²) in [5, 5.41) is 7.70. The number of halogens is 1. The van der Waals surface area contributed by atoms with E-state index in [1.54, 1.807) is 0 Å². The molecule has 3 N–H and O–H groups in total. The molecule has 0 aromatic heterocycles. The van der Waals surface area contributed by atoms with Gasteiger partial charge in [-0.3, -0.25) is 4.79 Å². The number of benzene rings is 2. The third kappa shape index (κ3) is 4.81. The lowest BCUT2D eigenvalue weighted by molar-refractivity contribution is -0.114. The lowest BCUT2D eigenvalue weighted by Crippen LogP contribution is -2.28. The van der Waals surface area contributed by atoms with Crippen LogP contribution in [0, 0.1) is 12.7 Å². The summed E-state index contributed by atoms with van der Waals surface area (Å²) in [7, 11) is 0. The molecule has 2 aromatic carbocycles. The molecule has 0 unspecified atom stereocenters. The number of hydrogen-bond donors (Lipinski definition) is 3. The van der Waals surface area contributed by atoms with E-state index < -0.39 is 11.8 Å². The van der Waals surface area contributed by atoms with Crippen LogP contribution in [0.3, 0.4) is 0 Å². The Morgan fingerprint density at radius 3 is 2.52 bits per heavy atom. The predicted octanol–water partition coefficient (Wildman–Crippen LogP) is 3.41. The van der Waals surface area contributed by atoms with E-state index in [1.807, 2.05) is 31.2 Å². The van der Waals surface area contributed by atoms with Gasteiger partial charge in [-0.2, -0.15) is 0 Å². The fraction of sp³-hybridized carbons (Fsp3) is 0.176. The Morgan fingerprint density at radius 2 is 1.83 bits per heavy atom. The fourth-order valence-electron chi connectivity index (χ4n) is 2.05. The highest BCUT2D eigenvalue weighted by molar-refractivity contribution is 5.92. The van der Waals surface area contributed by atoms with Crippen LogP contribution in [0.2, 0.25) is 0 Å². The van der Waals surface area contributed by atoms with E-state index in [0.717, 1.165) is 11.1 Å². The van der Waals surface area contributed by atoms with Gasteiger partial charge < -0.3 is 16.0 Å². The first-order valence-electron chi connectivity index (χ1n) is 7.12. The minimum Gasteiger partial charge on any atom is -0.334 e. The molecule has 0 aliphatic carbocycles. The fourth-order valence-corrected chi connectivity index (χ4v) is 2.05. The first-order chi connectivity index (χ1) is 11.0. The SMILES string of the molecule is CC(=O)Nc1cc(NC(=O)NCc2ccccc2C)ccc1F. The van der Waals surface area contributed by atoms with Crippen molar-refractivity contribution >= 4 is 23.3 Å². The number of amides is 3. The molecule has 5 nitrogen and oxygen atoms in total. The molecule has 0 fully saturated rings. The first kappa shape index (κ1) is 16.5. The van der Waals surface area contributed by atoms with Crippen LogP contribution in [0.15, 0.2) is 42.5 Å².